The van der Waals surface area contributed by atoms with Crippen molar-refractivity contribution in [2.45, 2.75) is 46.1 Å². The molecule has 136 valence electrons. The quantitative estimate of drug-likeness (QED) is 0.560. The van der Waals surface area contributed by atoms with Gasteiger partial charge in [-0.25, -0.2) is 4.98 Å². The highest BCUT2D eigenvalue weighted by atomic mass is 16.5. The maximum absolute atomic E-state index is 12.0. The van der Waals surface area contributed by atoms with E-state index in [4.69, 9.17) is 4.74 Å². The summed E-state index contributed by atoms with van der Waals surface area (Å²) >= 11 is 0. The van der Waals surface area contributed by atoms with Gasteiger partial charge in [0.05, 0.1) is 18.1 Å². The number of nitrogens with zero attached hydrogens (tertiary/aromatic N) is 2. The van der Waals surface area contributed by atoms with Crippen LogP contribution in [0.4, 0.5) is 0 Å². The van der Waals surface area contributed by atoms with E-state index in [0.29, 0.717) is 13.0 Å². The molecule has 0 unspecified atom stereocenters. The molecule has 1 amide bonds. The number of imidazole rings is 1. The number of fused-ring (bicyclic) bond motifs is 1. The van der Waals surface area contributed by atoms with Gasteiger partial charge in [-0.15, -0.1) is 0 Å². The van der Waals surface area contributed by atoms with Crippen LogP contribution in [0.15, 0.2) is 24.3 Å². The molecule has 25 heavy (non-hydrogen) atoms. The SMILES string of the molecule is CCC(CC)C(=O)NCCCc1nc2ccccc2n1CC(=O)OC. The van der Waals surface area contributed by atoms with Gasteiger partial charge in [-0.05, 0) is 31.4 Å². The number of nitrogens with one attached hydrogen (secondary N) is 1. The number of amides is 1. The highest BCUT2D eigenvalue weighted by molar-refractivity contribution is 5.79. The third-order valence-corrected chi connectivity index (χ3v) is 4.48. The first-order chi connectivity index (χ1) is 12.1. The van der Waals surface area contributed by atoms with Crippen molar-refractivity contribution in [3.05, 3.63) is 30.1 Å². The fourth-order valence-electron chi connectivity index (χ4n) is 2.95. The van der Waals surface area contributed by atoms with E-state index in [0.717, 1.165) is 36.1 Å². The first-order valence-corrected chi connectivity index (χ1v) is 8.89. The average Bonchev–Trinajstić information content (AvgIpc) is 2.97. The number of aryl methyl sites for hydroxylation is 1. The second-order valence-electron chi connectivity index (χ2n) is 6.09. The molecular weight excluding hydrogens is 318 g/mol. The Hall–Kier alpha value is -2.37. The first-order valence-electron chi connectivity index (χ1n) is 8.89. The number of hydrogen-bond acceptors (Lipinski definition) is 4. The number of para-hydroxylation sites is 2. The number of carbonyl (C=O) groups is 2. The average molecular weight is 345 g/mol. The van der Waals surface area contributed by atoms with Crippen molar-refractivity contribution >= 4 is 22.9 Å². The molecule has 6 nitrogen and oxygen atoms in total. The lowest BCUT2D eigenvalue weighted by molar-refractivity contribution is -0.141. The molecule has 0 bridgehead atoms. The smallest absolute Gasteiger partial charge is 0.325 e. The van der Waals surface area contributed by atoms with Gasteiger partial charge in [0, 0.05) is 18.9 Å². The predicted octanol–water partition coefficient (Wildman–Crippen LogP) is 2.69. The summed E-state index contributed by atoms with van der Waals surface area (Å²) in [6, 6.07) is 7.74. The lowest BCUT2D eigenvalue weighted by Gasteiger charge is -2.12. The molecule has 2 rings (SSSR count). The Morgan fingerprint density at radius 2 is 1.96 bits per heavy atom. The summed E-state index contributed by atoms with van der Waals surface area (Å²) in [6.45, 7) is 4.81. The Bertz CT molecular complexity index is 720. The Morgan fingerprint density at radius 3 is 2.64 bits per heavy atom. The molecule has 6 heteroatoms. The van der Waals surface area contributed by atoms with E-state index in [1.165, 1.54) is 7.11 Å². The van der Waals surface area contributed by atoms with Crippen molar-refractivity contribution in [3.8, 4) is 0 Å². The second kappa shape index (κ2) is 9.20. The van der Waals surface area contributed by atoms with Crippen LogP contribution in [0, 0.1) is 5.92 Å². The van der Waals surface area contributed by atoms with Gasteiger partial charge in [0.2, 0.25) is 5.91 Å². The zero-order valence-electron chi connectivity index (χ0n) is 15.2. The van der Waals surface area contributed by atoms with Crippen LogP contribution >= 0.6 is 0 Å². The molecule has 0 fully saturated rings. The van der Waals surface area contributed by atoms with Crippen molar-refractivity contribution in [2.75, 3.05) is 13.7 Å². The Kier molecular flexibility index (Phi) is 6.98. The summed E-state index contributed by atoms with van der Waals surface area (Å²) in [4.78, 5) is 28.3. The lowest BCUT2D eigenvalue weighted by Crippen LogP contribution is -2.31. The molecule has 0 aliphatic heterocycles. The number of methoxy groups -OCH3 is 1. The zero-order chi connectivity index (χ0) is 18.2. The number of aromatic nitrogens is 2. The molecule has 0 saturated heterocycles. The van der Waals surface area contributed by atoms with Crippen molar-refractivity contribution < 1.29 is 14.3 Å². The molecule has 0 aliphatic carbocycles. The van der Waals surface area contributed by atoms with Gasteiger partial charge >= 0.3 is 5.97 Å². The van der Waals surface area contributed by atoms with Gasteiger partial charge < -0.3 is 14.6 Å². The van der Waals surface area contributed by atoms with Crippen molar-refractivity contribution in [2.24, 2.45) is 5.92 Å². The van der Waals surface area contributed by atoms with E-state index < -0.39 is 0 Å². The van der Waals surface area contributed by atoms with E-state index in [-0.39, 0.29) is 24.3 Å². The molecule has 0 saturated carbocycles. The Balaban J connectivity index is 2.01. The zero-order valence-corrected chi connectivity index (χ0v) is 15.2. The van der Waals surface area contributed by atoms with E-state index in [2.05, 4.69) is 10.3 Å². The predicted molar refractivity (Wildman–Crippen MR) is 97.2 cm³/mol. The third-order valence-electron chi connectivity index (χ3n) is 4.48. The maximum Gasteiger partial charge on any atom is 0.325 e. The summed E-state index contributed by atoms with van der Waals surface area (Å²) in [7, 11) is 1.38. The normalized spacial score (nSPS) is 11.0. The molecule has 1 aromatic heterocycles. The van der Waals surface area contributed by atoms with Crippen molar-refractivity contribution in [3.63, 3.8) is 0 Å². The lowest BCUT2D eigenvalue weighted by atomic mass is 10.0. The number of rotatable bonds is 9. The largest absolute Gasteiger partial charge is 0.468 e. The third kappa shape index (κ3) is 4.81. The highest BCUT2D eigenvalue weighted by Gasteiger charge is 2.15. The number of benzene rings is 1. The van der Waals surface area contributed by atoms with Gasteiger partial charge in [0.25, 0.3) is 0 Å². The van der Waals surface area contributed by atoms with Gasteiger partial charge in [0.1, 0.15) is 12.4 Å². The minimum atomic E-state index is -0.300. The van der Waals surface area contributed by atoms with Gasteiger partial charge in [-0.2, -0.15) is 0 Å². The van der Waals surface area contributed by atoms with Crippen LogP contribution < -0.4 is 5.32 Å². The van der Waals surface area contributed by atoms with Gasteiger partial charge in [-0.1, -0.05) is 26.0 Å². The molecule has 0 aliphatic rings. The fraction of sp³-hybridized carbons (Fsp3) is 0.526. The molecule has 1 aromatic carbocycles. The van der Waals surface area contributed by atoms with E-state index in [1.54, 1.807) is 0 Å². The fourth-order valence-corrected chi connectivity index (χ4v) is 2.95. The molecule has 0 radical (unpaired) electrons. The molecule has 0 spiro atoms. The Morgan fingerprint density at radius 1 is 1.24 bits per heavy atom. The van der Waals surface area contributed by atoms with Crippen LogP contribution in [0.1, 0.15) is 38.9 Å². The number of ether oxygens (including phenoxy) is 1. The summed E-state index contributed by atoms with van der Waals surface area (Å²) in [5, 5.41) is 2.99. The summed E-state index contributed by atoms with van der Waals surface area (Å²) in [5.41, 5.74) is 1.78. The van der Waals surface area contributed by atoms with E-state index in [9.17, 15) is 9.59 Å². The van der Waals surface area contributed by atoms with Crippen molar-refractivity contribution in [1.82, 2.24) is 14.9 Å². The standard InChI is InChI=1S/C19H27N3O3/c1-4-14(5-2)19(24)20-12-8-11-17-21-15-9-6-7-10-16(15)22(17)13-18(23)25-3/h6-7,9-10,14H,4-5,8,11-13H2,1-3H3,(H,20,24). The maximum atomic E-state index is 12.0. The molecule has 2 aromatic rings. The van der Waals surface area contributed by atoms with Crippen LogP contribution in [0.3, 0.4) is 0 Å². The highest BCUT2D eigenvalue weighted by Crippen LogP contribution is 2.17. The number of esters is 1. The molecule has 0 atom stereocenters. The summed E-state index contributed by atoms with van der Waals surface area (Å²) < 4.78 is 6.68. The van der Waals surface area contributed by atoms with Gasteiger partial charge in [-0.3, -0.25) is 9.59 Å². The summed E-state index contributed by atoms with van der Waals surface area (Å²) in [5.74, 6) is 0.742. The molecule has 1 heterocycles. The van der Waals surface area contributed by atoms with Crippen LogP contribution in [-0.4, -0.2) is 35.1 Å². The monoisotopic (exact) mass is 345 g/mol. The van der Waals surface area contributed by atoms with Crippen molar-refractivity contribution in [1.29, 1.82) is 0 Å². The van der Waals surface area contributed by atoms with E-state index in [1.807, 2.05) is 42.7 Å². The van der Waals surface area contributed by atoms with E-state index >= 15 is 0 Å². The molecule has 1 N–H and O–H groups in total. The number of hydrogen-bond donors (Lipinski definition) is 1. The number of carbonyl (C=O) groups excluding carboxylic acids is 2. The van der Waals surface area contributed by atoms with Crippen LogP contribution in [0.25, 0.3) is 11.0 Å². The minimum absolute atomic E-state index is 0.0869. The summed E-state index contributed by atoms with van der Waals surface area (Å²) in [6.07, 6.45) is 3.18. The second-order valence-corrected chi connectivity index (χ2v) is 6.09. The van der Waals surface area contributed by atoms with Gasteiger partial charge in [0.15, 0.2) is 0 Å². The first kappa shape index (κ1) is 19.0. The molecular formula is C19H27N3O3. The minimum Gasteiger partial charge on any atom is -0.468 e. The topological polar surface area (TPSA) is 73.2 Å². The van der Waals surface area contributed by atoms with Crippen LogP contribution in [0.5, 0.6) is 0 Å². The Labute approximate surface area is 148 Å². The van der Waals surface area contributed by atoms with Crippen LogP contribution in [0.2, 0.25) is 0 Å². The van der Waals surface area contributed by atoms with Crippen LogP contribution in [-0.2, 0) is 27.3 Å².